The van der Waals surface area contributed by atoms with Gasteiger partial charge in [0.1, 0.15) is 5.56 Å². The quantitative estimate of drug-likeness (QED) is 0.526. The first-order valence-corrected chi connectivity index (χ1v) is 8.12. The predicted molar refractivity (Wildman–Crippen MR) is 95.6 cm³/mol. The van der Waals surface area contributed by atoms with Gasteiger partial charge in [0, 0.05) is 28.7 Å². The summed E-state index contributed by atoms with van der Waals surface area (Å²) in [5.74, 6) is 0.653. The second-order valence-electron chi connectivity index (χ2n) is 5.40. The lowest BCUT2D eigenvalue weighted by atomic mass is 10.1. The van der Waals surface area contributed by atoms with E-state index >= 15 is 0 Å². The van der Waals surface area contributed by atoms with Crippen LogP contribution in [-0.4, -0.2) is 14.7 Å². The summed E-state index contributed by atoms with van der Waals surface area (Å²) in [6.45, 7) is 0. The fourth-order valence-corrected chi connectivity index (χ4v) is 3.14. The van der Waals surface area contributed by atoms with Crippen molar-refractivity contribution in [3.05, 3.63) is 69.4 Å². The minimum absolute atomic E-state index is 0.119. The summed E-state index contributed by atoms with van der Waals surface area (Å²) in [5.41, 5.74) is 1.94. The summed E-state index contributed by atoms with van der Waals surface area (Å²) in [6.07, 6.45) is 1.72. The maximum Gasteiger partial charge on any atom is 0.263 e. The normalized spacial score (nSPS) is 11.1. The van der Waals surface area contributed by atoms with Crippen LogP contribution in [0.5, 0.6) is 0 Å². The number of hydrogen-bond donors (Lipinski definition) is 0. The molecule has 0 radical (unpaired) electrons. The summed E-state index contributed by atoms with van der Waals surface area (Å²) in [6, 6.07) is 15.0. The first-order valence-electron chi connectivity index (χ1n) is 7.32. The lowest BCUT2D eigenvalue weighted by Crippen LogP contribution is -2.10. The number of aromatic nitrogens is 3. The van der Waals surface area contributed by atoms with E-state index in [1.54, 1.807) is 12.3 Å². The molecule has 6 heteroatoms. The Morgan fingerprint density at radius 3 is 2.62 bits per heavy atom. The summed E-state index contributed by atoms with van der Waals surface area (Å²) in [5, 5.41) is 4.63. The Balaban J connectivity index is 1.89. The fraction of sp³-hybridized carbons (Fsp3) is 0.0556. The topological polar surface area (TPSA) is 60.9 Å². The highest BCUT2D eigenvalue weighted by Crippen LogP contribution is 2.27. The SMILES string of the molecule is Cn1cc(-c2nc(-c3ccccc3Br)no2)c(=O)c2ccccc21. The Morgan fingerprint density at radius 2 is 1.79 bits per heavy atom. The number of pyridine rings is 1. The van der Waals surface area contributed by atoms with E-state index in [1.165, 1.54) is 0 Å². The largest absolute Gasteiger partial charge is 0.350 e. The average molecular weight is 382 g/mol. The summed E-state index contributed by atoms with van der Waals surface area (Å²) in [4.78, 5) is 17.1. The molecule has 0 atom stereocenters. The fourth-order valence-electron chi connectivity index (χ4n) is 2.68. The van der Waals surface area contributed by atoms with Crippen LogP contribution in [0, 0.1) is 0 Å². The van der Waals surface area contributed by atoms with E-state index in [2.05, 4.69) is 26.1 Å². The monoisotopic (exact) mass is 381 g/mol. The van der Waals surface area contributed by atoms with Gasteiger partial charge in [-0.2, -0.15) is 4.98 Å². The van der Waals surface area contributed by atoms with Crippen molar-refractivity contribution >= 4 is 26.8 Å². The Labute approximate surface area is 145 Å². The molecule has 0 fully saturated rings. The molecule has 0 aliphatic heterocycles. The van der Waals surface area contributed by atoms with Gasteiger partial charge >= 0.3 is 0 Å². The highest BCUT2D eigenvalue weighted by Gasteiger charge is 2.17. The molecule has 0 aliphatic rings. The second kappa shape index (κ2) is 5.72. The molecule has 0 saturated heterocycles. The molecule has 0 saturated carbocycles. The molecular weight excluding hydrogens is 370 g/mol. The maximum absolute atomic E-state index is 12.7. The number of nitrogens with zero attached hydrogens (tertiary/aromatic N) is 3. The number of benzene rings is 2. The summed E-state index contributed by atoms with van der Waals surface area (Å²) < 4.78 is 8.10. The van der Waals surface area contributed by atoms with Crippen molar-refractivity contribution in [2.45, 2.75) is 0 Å². The summed E-state index contributed by atoms with van der Waals surface area (Å²) in [7, 11) is 1.89. The van der Waals surface area contributed by atoms with Gasteiger partial charge in [-0.1, -0.05) is 45.4 Å². The summed E-state index contributed by atoms with van der Waals surface area (Å²) >= 11 is 3.47. The zero-order valence-electron chi connectivity index (χ0n) is 12.7. The molecule has 0 aliphatic carbocycles. The van der Waals surface area contributed by atoms with E-state index in [4.69, 9.17) is 4.52 Å². The Hall–Kier alpha value is -2.73. The molecule has 0 spiro atoms. The number of para-hydroxylation sites is 1. The van der Waals surface area contributed by atoms with Crippen LogP contribution in [0.2, 0.25) is 0 Å². The van der Waals surface area contributed by atoms with Crippen LogP contribution in [0.1, 0.15) is 0 Å². The molecule has 0 bridgehead atoms. The van der Waals surface area contributed by atoms with Crippen molar-refractivity contribution in [3.8, 4) is 22.8 Å². The van der Waals surface area contributed by atoms with Crippen molar-refractivity contribution in [2.24, 2.45) is 7.05 Å². The van der Waals surface area contributed by atoms with Crippen LogP contribution in [0.15, 0.2) is 68.5 Å². The van der Waals surface area contributed by atoms with Crippen LogP contribution in [0.4, 0.5) is 0 Å². The van der Waals surface area contributed by atoms with Gasteiger partial charge in [0.05, 0.1) is 5.52 Å². The second-order valence-corrected chi connectivity index (χ2v) is 6.26. The molecule has 2 aromatic heterocycles. The molecule has 0 unspecified atom stereocenters. The van der Waals surface area contributed by atoms with E-state index < -0.39 is 0 Å². The number of aryl methyl sites for hydroxylation is 1. The lowest BCUT2D eigenvalue weighted by Gasteiger charge is -2.06. The van der Waals surface area contributed by atoms with E-state index in [0.717, 1.165) is 15.6 Å². The molecule has 2 heterocycles. The molecule has 118 valence electrons. The highest BCUT2D eigenvalue weighted by atomic mass is 79.9. The molecule has 2 aromatic carbocycles. The van der Waals surface area contributed by atoms with Crippen LogP contribution < -0.4 is 5.43 Å². The zero-order valence-corrected chi connectivity index (χ0v) is 14.3. The molecule has 0 amide bonds. The molecule has 4 aromatic rings. The Morgan fingerprint density at radius 1 is 1.04 bits per heavy atom. The van der Waals surface area contributed by atoms with Crippen LogP contribution >= 0.6 is 15.9 Å². The van der Waals surface area contributed by atoms with E-state index in [-0.39, 0.29) is 11.3 Å². The van der Waals surface area contributed by atoms with Gasteiger partial charge in [0.15, 0.2) is 0 Å². The third-order valence-electron chi connectivity index (χ3n) is 3.87. The van der Waals surface area contributed by atoms with Gasteiger partial charge in [0.2, 0.25) is 11.3 Å². The number of halogens is 1. The first-order chi connectivity index (χ1) is 11.6. The van der Waals surface area contributed by atoms with Gasteiger partial charge in [-0.15, -0.1) is 0 Å². The molecular formula is C18H12BrN3O2. The van der Waals surface area contributed by atoms with Crippen LogP contribution in [0.25, 0.3) is 33.7 Å². The minimum atomic E-state index is -0.119. The van der Waals surface area contributed by atoms with Crippen LogP contribution in [0.3, 0.4) is 0 Å². The van der Waals surface area contributed by atoms with Crippen molar-refractivity contribution < 1.29 is 4.52 Å². The number of fused-ring (bicyclic) bond motifs is 1. The van der Waals surface area contributed by atoms with Crippen molar-refractivity contribution in [1.82, 2.24) is 14.7 Å². The van der Waals surface area contributed by atoms with Gasteiger partial charge in [-0.25, -0.2) is 0 Å². The van der Waals surface area contributed by atoms with Crippen molar-refractivity contribution in [1.29, 1.82) is 0 Å². The highest BCUT2D eigenvalue weighted by molar-refractivity contribution is 9.10. The smallest absolute Gasteiger partial charge is 0.263 e. The third kappa shape index (κ3) is 2.35. The molecule has 0 N–H and O–H groups in total. The van der Waals surface area contributed by atoms with Gasteiger partial charge < -0.3 is 9.09 Å². The lowest BCUT2D eigenvalue weighted by molar-refractivity contribution is 0.432. The van der Waals surface area contributed by atoms with E-state index in [9.17, 15) is 4.79 Å². The number of hydrogen-bond acceptors (Lipinski definition) is 4. The molecule has 24 heavy (non-hydrogen) atoms. The Bertz CT molecular complexity index is 1110. The standard InChI is InChI=1S/C18H12BrN3O2/c1-22-10-13(16(23)12-7-3-5-9-15(12)22)18-20-17(21-24-18)11-6-2-4-8-14(11)19/h2-10H,1H3. The minimum Gasteiger partial charge on any atom is -0.350 e. The zero-order chi connectivity index (χ0) is 16.7. The molecule has 5 nitrogen and oxygen atoms in total. The Kier molecular flexibility index (Phi) is 3.54. The third-order valence-corrected chi connectivity index (χ3v) is 4.56. The van der Waals surface area contributed by atoms with Gasteiger partial charge in [-0.3, -0.25) is 4.79 Å². The predicted octanol–water partition coefficient (Wildman–Crippen LogP) is 4.02. The number of rotatable bonds is 2. The maximum atomic E-state index is 12.7. The van der Waals surface area contributed by atoms with E-state index in [1.807, 2.05) is 54.1 Å². The van der Waals surface area contributed by atoms with E-state index in [0.29, 0.717) is 16.8 Å². The van der Waals surface area contributed by atoms with Crippen LogP contribution in [-0.2, 0) is 7.05 Å². The van der Waals surface area contributed by atoms with Gasteiger partial charge in [-0.05, 0) is 24.3 Å². The van der Waals surface area contributed by atoms with Crippen molar-refractivity contribution in [2.75, 3.05) is 0 Å². The first kappa shape index (κ1) is 14.8. The average Bonchev–Trinajstić information content (AvgIpc) is 3.08. The van der Waals surface area contributed by atoms with Crippen molar-refractivity contribution in [3.63, 3.8) is 0 Å². The molecule has 4 rings (SSSR count). The van der Waals surface area contributed by atoms with Gasteiger partial charge in [0.25, 0.3) is 5.89 Å².